The lowest BCUT2D eigenvalue weighted by atomic mass is 9.95. The number of carbonyl (C=O) groups excluding carboxylic acids is 1. The van der Waals surface area contributed by atoms with Crippen LogP contribution in [0, 0.1) is 6.92 Å². The number of aryl methyl sites for hydroxylation is 1. The van der Waals surface area contributed by atoms with Crippen molar-refractivity contribution in [2.24, 2.45) is 0 Å². The van der Waals surface area contributed by atoms with E-state index >= 15 is 0 Å². The summed E-state index contributed by atoms with van der Waals surface area (Å²) in [5.74, 6) is 0.276. The smallest absolute Gasteiger partial charge is 0.275 e. The van der Waals surface area contributed by atoms with E-state index in [2.05, 4.69) is 10.0 Å². The Balaban J connectivity index is 1.77. The van der Waals surface area contributed by atoms with Crippen LogP contribution in [0.1, 0.15) is 37.8 Å². The molecule has 1 aromatic carbocycles. The van der Waals surface area contributed by atoms with E-state index in [1.54, 1.807) is 13.0 Å². The number of hydrogen-bond donors (Lipinski definition) is 2. The fraction of sp³-hybridized carbons (Fsp3) is 0.429. The maximum atomic E-state index is 12.9. The number of rotatable bonds is 7. The van der Waals surface area contributed by atoms with Crippen molar-refractivity contribution in [2.45, 2.75) is 56.5 Å². The van der Waals surface area contributed by atoms with Crippen LogP contribution in [-0.4, -0.2) is 32.0 Å². The standard InChI is InChI=1S/C21H27N3O5S/c1-15-8-13-19(23-30(27,28)18-11-9-17(29-2)10-12-18)21(26)24(15)14-20(25)22-16-6-4-3-5-7-16/h8-13,16,23H,3-7,14H2,1-2H3,(H,22,25). The molecule has 2 N–H and O–H groups in total. The Kier molecular flexibility index (Phi) is 6.81. The average molecular weight is 434 g/mol. The molecule has 0 unspecified atom stereocenters. The third-order valence-corrected chi connectivity index (χ3v) is 6.66. The van der Waals surface area contributed by atoms with Gasteiger partial charge in [-0.05, 0) is 56.2 Å². The highest BCUT2D eigenvalue weighted by molar-refractivity contribution is 7.92. The topological polar surface area (TPSA) is 106 Å². The second-order valence-corrected chi connectivity index (χ2v) is 9.15. The summed E-state index contributed by atoms with van der Waals surface area (Å²) in [6.45, 7) is 1.55. The monoisotopic (exact) mass is 433 g/mol. The number of sulfonamides is 1. The van der Waals surface area contributed by atoms with Gasteiger partial charge in [0.05, 0.1) is 12.0 Å². The van der Waals surface area contributed by atoms with E-state index in [1.165, 1.54) is 48.4 Å². The molecule has 0 spiro atoms. The van der Waals surface area contributed by atoms with E-state index in [1.807, 2.05) is 0 Å². The normalized spacial score (nSPS) is 14.9. The zero-order valence-electron chi connectivity index (χ0n) is 17.2. The van der Waals surface area contributed by atoms with Gasteiger partial charge in [-0.2, -0.15) is 0 Å². The Labute approximate surface area is 176 Å². The van der Waals surface area contributed by atoms with Crippen LogP contribution < -0.4 is 20.3 Å². The second-order valence-electron chi connectivity index (χ2n) is 7.46. The molecule has 1 heterocycles. The lowest BCUT2D eigenvalue weighted by Gasteiger charge is -2.23. The Morgan fingerprint density at radius 1 is 1.10 bits per heavy atom. The first-order valence-corrected chi connectivity index (χ1v) is 11.4. The van der Waals surface area contributed by atoms with Gasteiger partial charge < -0.3 is 14.6 Å². The van der Waals surface area contributed by atoms with Crippen LogP contribution >= 0.6 is 0 Å². The first-order valence-electron chi connectivity index (χ1n) is 9.97. The number of nitrogens with one attached hydrogen (secondary N) is 2. The molecule has 0 aliphatic heterocycles. The Morgan fingerprint density at radius 3 is 2.40 bits per heavy atom. The lowest BCUT2D eigenvalue weighted by Crippen LogP contribution is -2.40. The van der Waals surface area contributed by atoms with Crippen molar-refractivity contribution in [3.05, 3.63) is 52.4 Å². The zero-order chi connectivity index (χ0) is 21.7. The van der Waals surface area contributed by atoms with E-state index in [0.717, 1.165) is 25.7 Å². The summed E-state index contributed by atoms with van der Waals surface area (Å²) in [6.07, 6.45) is 5.25. The minimum absolute atomic E-state index is 0.00451. The molecule has 1 aliphatic carbocycles. The molecule has 8 nitrogen and oxygen atoms in total. The van der Waals surface area contributed by atoms with Gasteiger partial charge in [0.15, 0.2) is 0 Å². The van der Waals surface area contributed by atoms with Gasteiger partial charge in [0.2, 0.25) is 5.91 Å². The SMILES string of the molecule is COc1ccc(S(=O)(=O)Nc2ccc(C)n(CC(=O)NC3CCCCC3)c2=O)cc1. The van der Waals surface area contributed by atoms with Crippen molar-refractivity contribution in [1.29, 1.82) is 0 Å². The van der Waals surface area contributed by atoms with E-state index in [4.69, 9.17) is 4.74 Å². The molecule has 0 radical (unpaired) electrons. The van der Waals surface area contributed by atoms with Crippen molar-refractivity contribution < 1.29 is 17.9 Å². The van der Waals surface area contributed by atoms with Crippen LogP contribution in [0.15, 0.2) is 46.1 Å². The molecule has 0 bridgehead atoms. The molecule has 30 heavy (non-hydrogen) atoms. The summed E-state index contributed by atoms with van der Waals surface area (Å²) in [6, 6.07) is 9.00. The summed E-state index contributed by atoms with van der Waals surface area (Å²) in [5, 5.41) is 2.98. The lowest BCUT2D eigenvalue weighted by molar-refractivity contribution is -0.122. The number of nitrogens with zero attached hydrogens (tertiary/aromatic N) is 1. The van der Waals surface area contributed by atoms with E-state index in [-0.39, 0.29) is 29.1 Å². The Hall–Kier alpha value is -2.81. The zero-order valence-corrected chi connectivity index (χ0v) is 18.0. The van der Waals surface area contributed by atoms with Crippen LogP contribution in [0.3, 0.4) is 0 Å². The number of carbonyl (C=O) groups is 1. The summed E-state index contributed by atoms with van der Waals surface area (Å²) in [7, 11) is -2.47. The summed E-state index contributed by atoms with van der Waals surface area (Å²) in [5.41, 5.74) is -0.0982. The molecule has 0 atom stereocenters. The number of amides is 1. The van der Waals surface area contributed by atoms with Gasteiger partial charge in [0.25, 0.3) is 15.6 Å². The highest BCUT2D eigenvalue weighted by atomic mass is 32.2. The van der Waals surface area contributed by atoms with E-state index in [9.17, 15) is 18.0 Å². The quantitative estimate of drug-likeness (QED) is 0.697. The second kappa shape index (κ2) is 9.34. The predicted molar refractivity (Wildman–Crippen MR) is 114 cm³/mol. The number of anilines is 1. The minimum Gasteiger partial charge on any atom is -0.497 e. The third-order valence-electron chi connectivity index (χ3n) is 5.28. The number of ether oxygens (including phenoxy) is 1. The fourth-order valence-electron chi connectivity index (χ4n) is 3.57. The third kappa shape index (κ3) is 5.21. The van der Waals surface area contributed by atoms with Gasteiger partial charge in [0, 0.05) is 11.7 Å². The molecule has 9 heteroatoms. The number of methoxy groups -OCH3 is 1. The minimum atomic E-state index is -3.96. The van der Waals surface area contributed by atoms with Crippen molar-refractivity contribution in [3.8, 4) is 5.75 Å². The highest BCUT2D eigenvalue weighted by Gasteiger charge is 2.20. The van der Waals surface area contributed by atoms with Crippen molar-refractivity contribution in [2.75, 3.05) is 11.8 Å². The molecule has 1 saturated carbocycles. The number of aromatic nitrogens is 1. The molecule has 162 valence electrons. The van der Waals surface area contributed by atoms with Crippen molar-refractivity contribution >= 4 is 21.6 Å². The molecule has 1 aromatic heterocycles. The molecule has 1 amide bonds. The maximum absolute atomic E-state index is 12.9. The van der Waals surface area contributed by atoms with Crippen molar-refractivity contribution in [1.82, 2.24) is 9.88 Å². The average Bonchev–Trinajstić information content (AvgIpc) is 2.74. The van der Waals surface area contributed by atoms with Gasteiger partial charge in [-0.25, -0.2) is 8.42 Å². The molecule has 1 aliphatic rings. The van der Waals surface area contributed by atoms with E-state index in [0.29, 0.717) is 11.4 Å². The van der Waals surface area contributed by atoms with Crippen LogP contribution in [-0.2, 0) is 21.4 Å². The highest BCUT2D eigenvalue weighted by Crippen LogP contribution is 2.19. The van der Waals surface area contributed by atoms with Gasteiger partial charge in [-0.1, -0.05) is 19.3 Å². The molecular weight excluding hydrogens is 406 g/mol. The molecule has 0 saturated heterocycles. The van der Waals surface area contributed by atoms with Crippen LogP contribution in [0.4, 0.5) is 5.69 Å². The van der Waals surface area contributed by atoms with E-state index < -0.39 is 15.6 Å². The molecular formula is C21H27N3O5S. The number of benzene rings is 1. The molecule has 1 fully saturated rings. The summed E-state index contributed by atoms with van der Waals surface area (Å²) < 4.78 is 34.0. The Morgan fingerprint density at radius 2 is 1.77 bits per heavy atom. The van der Waals surface area contributed by atoms with Gasteiger partial charge in [0.1, 0.15) is 18.0 Å². The first kappa shape index (κ1) is 21.9. The predicted octanol–water partition coefficient (Wildman–Crippen LogP) is 2.42. The number of hydrogen-bond acceptors (Lipinski definition) is 5. The van der Waals surface area contributed by atoms with Crippen LogP contribution in [0.2, 0.25) is 0 Å². The molecule has 3 rings (SSSR count). The Bertz CT molecular complexity index is 1060. The molecule has 2 aromatic rings. The fourth-order valence-corrected chi connectivity index (χ4v) is 4.62. The number of pyridine rings is 1. The summed E-state index contributed by atoms with van der Waals surface area (Å²) >= 11 is 0. The maximum Gasteiger partial charge on any atom is 0.275 e. The first-order chi connectivity index (χ1) is 14.3. The van der Waals surface area contributed by atoms with Gasteiger partial charge in [-0.3, -0.25) is 14.3 Å². The van der Waals surface area contributed by atoms with Crippen LogP contribution in [0.25, 0.3) is 0 Å². The van der Waals surface area contributed by atoms with Crippen molar-refractivity contribution in [3.63, 3.8) is 0 Å². The summed E-state index contributed by atoms with van der Waals surface area (Å²) in [4.78, 5) is 25.3. The van der Waals surface area contributed by atoms with Gasteiger partial charge in [-0.15, -0.1) is 0 Å². The largest absolute Gasteiger partial charge is 0.497 e. The van der Waals surface area contributed by atoms with Crippen LogP contribution in [0.5, 0.6) is 5.75 Å². The van der Waals surface area contributed by atoms with Gasteiger partial charge >= 0.3 is 0 Å².